The lowest BCUT2D eigenvalue weighted by Crippen LogP contribution is -2.42. The lowest BCUT2D eigenvalue weighted by atomic mass is 10.0. The second kappa shape index (κ2) is 6.02. The summed E-state index contributed by atoms with van der Waals surface area (Å²) < 4.78 is 13.4. The molecule has 2 atom stereocenters. The van der Waals surface area contributed by atoms with E-state index in [1.807, 2.05) is 0 Å². The first-order valence-electron chi connectivity index (χ1n) is 7.30. The molecule has 118 valence electrons. The number of carbonyl (C=O) groups excluding carboxylic acids is 2. The molecule has 0 radical (unpaired) electrons. The van der Waals surface area contributed by atoms with Crippen molar-refractivity contribution in [2.75, 3.05) is 26.2 Å². The van der Waals surface area contributed by atoms with E-state index in [9.17, 15) is 19.1 Å². The van der Waals surface area contributed by atoms with E-state index in [2.05, 4.69) is 5.32 Å². The Labute approximate surface area is 127 Å². The Morgan fingerprint density at radius 1 is 1.45 bits per heavy atom. The van der Waals surface area contributed by atoms with E-state index in [1.165, 1.54) is 17.0 Å². The Balaban J connectivity index is 1.73. The molecule has 6 nitrogen and oxygen atoms in total. The van der Waals surface area contributed by atoms with Gasteiger partial charge < -0.3 is 10.4 Å². The smallest absolute Gasteiger partial charge is 0.324 e. The van der Waals surface area contributed by atoms with Crippen LogP contribution in [0.2, 0.25) is 0 Å². The van der Waals surface area contributed by atoms with Gasteiger partial charge in [-0.3, -0.25) is 14.6 Å². The molecule has 2 aliphatic rings. The molecular weight excluding hydrogens is 289 g/mol. The molecule has 1 aromatic carbocycles. The van der Waals surface area contributed by atoms with Gasteiger partial charge in [0.05, 0.1) is 12.6 Å². The van der Waals surface area contributed by atoms with Gasteiger partial charge in [-0.25, -0.2) is 9.18 Å². The van der Waals surface area contributed by atoms with Crippen molar-refractivity contribution in [2.24, 2.45) is 0 Å². The largest absolute Gasteiger partial charge is 0.392 e. The molecule has 2 aliphatic heterocycles. The first kappa shape index (κ1) is 14.9. The highest BCUT2D eigenvalue weighted by Gasteiger charge is 2.35. The van der Waals surface area contributed by atoms with Gasteiger partial charge in [0.1, 0.15) is 5.82 Å². The second-order valence-corrected chi connectivity index (χ2v) is 5.67. The van der Waals surface area contributed by atoms with E-state index in [0.29, 0.717) is 26.1 Å². The van der Waals surface area contributed by atoms with Crippen LogP contribution in [0.15, 0.2) is 24.3 Å². The molecule has 0 aromatic heterocycles. The third-order valence-electron chi connectivity index (χ3n) is 4.11. The zero-order valence-corrected chi connectivity index (χ0v) is 12.0. The summed E-state index contributed by atoms with van der Waals surface area (Å²) in [4.78, 5) is 26.7. The standard InChI is InChI=1S/C15H18FN3O3/c16-11-3-1-2-10(6-11)13-7-12(20)8-18(13)9-14(21)19-5-4-17-15(19)22/h1-3,6,12-13,20H,4-5,7-9H2,(H,17,22). The van der Waals surface area contributed by atoms with Gasteiger partial charge in [0.25, 0.3) is 0 Å². The summed E-state index contributed by atoms with van der Waals surface area (Å²) in [6.45, 7) is 1.19. The van der Waals surface area contributed by atoms with Gasteiger partial charge in [0.15, 0.2) is 0 Å². The molecule has 2 saturated heterocycles. The van der Waals surface area contributed by atoms with Crippen LogP contribution in [-0.2, 0) is 4.79 Å². The maximum absolute atomic E-state index is 13.4. The quantitative estimate of drug-likeness (QED) is 0.852. The predicted molar refractivity (Wildman–Crippen MR) is 76.4 cm³/mol. The number of halogens is 1. The minimum Gasteiger partial charge on any atom is -0.392 e. The highest BCUT2D eigenvalue weighted by molar-refractivity contribution is 5.96. The first-order valence-corrected chi connectivity index (χ1v) is 7.30. The maximum atomic E-state index is 13.4. The van der Waals surface area contributed by atoms with Crippen molar-refractivity contribution in [2.45, 2.75) is 18.6 Å². The molecule has 2 N–H and O–H groups in total. The third kappa shape index (κ3) is 2.95. The highest BCUT2D eigenvalue weighted by Crippen LogP contribution is 2.32. The summed E-state index contributed by atoms with van der Waals surface area (Å²) >= 11 is 0. The molecule has 0 bridgehead atoms. The molecule has 3 amide bonds. The van der Waals surface area contributed by atoms with Gasteiger partial charge >= 0.3 is 6.03 Å². The van der Waals surface area contributed by atoms with E-state index in [0.717, 1.165) is 5.56 Å². The summed E-state index contributed by atoms with van der Waals surface area (Å²) in [5.41, 5.74) is 0.732. The number of urea groups is 1. The second-order valence-electron chi connectivity index (χ2n) is 5.67. The molecule has 2 fully saturated rings. The number of amides is 3. The molecule has 0 aliphatic carbocycles. The highest BCUT2D eigenvalue weighted by atomic mass is 19.1. The Morgan fingerprint density at radius 3 is 2.95 bits per heavy atom. The van der Waals surface area contributed by atoms with Crippen LogP contribution in [0.25, 0.3) is 0 Å². The summed E-state index contributed by atoms with van der Waals surface area (Å²) in [6, 6.07) is 5.57. The van der Waals surface area contributed by atoms with Crippen LogP contribution in [0, 0.1) is 5.82 Å². The van der Waals surface area contributed by atoms with Crippen molar-refractivity contribution in [1.29, 1.82) is 0 Å². The zero-order chi connectivity index (χ0) is 15.7. The number of rotatable bonds is 3. The van der Waals surface area contributed by atoms with E-state index in [-0.39, 0.29) is 30.3 Å². The van der Waals surface area contributed by atoms with Crippen LogP contribution in [0.1, 0.15) is 18.0 Å². The SMILES string of the molecule is O=C(CN1CC(O)CC1c1cccc(F)c1)N1CCNC1=O. The van der Waals surface area contributed by atoms with Gasteiger partial charge in [-0.2, -0.15) is 0 Å². The average Bonchev–Trinajstić information content (AvgIpc) is 3.05. The van der Waals surface area contributed by atoms with Crippen LogP contribution < -0.4 is 5.32 Å². The minimum atomic E-state index is -0.562. The number of aliphatic hydroxyl groups is 1. The molecule has 2 heterocycles. The average molecular weight is 307 g/mol. The van der Waals surface area contributed by atoms with Crippen molar-refractivity contribution in [3.05, 3.63) is 35.6 Å². The van der Waals surface area contributed by atoms with Crippen LogP contribution in [-0.4, -0.2) is 59.1 Å². The van der Waals surface area contributed by atoms with Crippen molar-refractivity contribution in [3.8, 4) is 0 Å². The van der Waals surface area contributed by atoms with Crippen molar-refractivity contribution < 1.29 is 19.1 Å². The Hall–Kier alpha value is -1.99. The number of hydrogen-bond acceptors (Lipinski definition) is 4. The van der Waals surface area contributed by atoms with E-state index in [1.54, 1.807) is 17.0 Å². The van der Waals surface area contributed by atoms with Gasteiger partial charge in [-0.1, -0.05) is 12.1 Å². The lowest BCUT2D eigenvalue weighted by molar-refractivity contribution is -0.129. The number of hydrogen-bond donors (Lipinski definition) is 2. The summed E-state index contributed by atoms with van der Waals surface area (Å²) in [7, 11) is 0. The number of nitrogens with one attached hydrogen (secondary N) is 1. The summed E-state index contributed by atoms with van der Waals surface area (Å²) in [5.74, 6) is -0.644. The Kier molecular flexibility index (Phi) is 4.08. The number of carbonyl (C=O) groups is 2. The molecule has 1 aromatic rings. The fraction of sp³-hybridized carbons (Fsp3) is 0.467. The Bertz CT molecular complexity index is 595. The number of aliphatic hydroxyl groups excluding tert-OH is 1. The van der Waals surface area contributed by atoms with Crippen molar-refractivity contribution >= 4 is 11.9 Å². The predicted octanol–water partition coefficient (Wildman–Crippen LogP) is 0.485. The van der Waals surface area contributed by atoms with Crippen LogP contribution >= 0.6 is 0 Å². The van der Waals surface area contributed by atoms with Gasteiger partial charge in [-0.05, 0) is 24.1 Å². The number of benzene rings is 1. The third-order valence-corrected chi connectivity index (χ3v) is 4.11. The van der Waals surface area contributed by atoms with Crippen LogP contribution in [0.4, 0.5) is 9.18 Å². The normalized spacial score (nSPS) is 25.5. The Morgan fingerprint density at radius 2 is 2.27 bits per heavy atom. The van der Waals surface area contributed by atoms with Crippen LogP contribution in [0.5, 0.6) is 0 Å². The fourth-order valence-electron chi connectivity index (χ4n) is 3.08. The zero-order valence-electron chi connectivity index (χ0n) is 12.0. The number of likely N-dealkylation sites (tertiary alicyclic amines) is 1. The molecule has 7 heteroatoms. The summed E-state index contributed by atoms with van der Waals surface area (Å²) in [6.07, 6.45) is -0.114. The molecule has 2 unspecified atom stereocenters. The topological polar surface area (TPSA) is 72.9 Å². The molecule has 0 saturated carbocycles. The van der Waals surface area contributed by atoms with Crippen molar-refractivity contribution in [1.82, 2.24) is 15.1 Å². The minimum absolute atomic E-state index is 0.0334. The fourth-order valence-corrected chi connectivity index (χ4v) is 3.08. The maximum Gasteiger partial charge on any atom is 0.324 e. The lowest BCUT2D eigenvalue weighted by Gasteiger charge is -2.25. The molecular formula is C15H18FN3O3. The van der Waals surface area contributed by atoms with Gasteiger partial charge in [0.2, 0.25) is 5.91 Å². The van der Waals surface area contributed by atoms with Crippen LogP contribution in [0.3, 0.4) is 0 Å². The number of imide groups is 1. The monoisotopic (exact) mass is 307 g/mol. The summed E-state index contributed by atoms with van der Waals surface area (Å²) in [5, 5.41) is 12.5. The number of β-amino-alcohol motifs (C(OH)–C–C–N with tert-alkyl or cyclic N) is 1. The van der Waals surface area contributed by atoms with E-state index >= 15 is 0 Å². The van der Waals surface area contributed by atoms with E-state index < -0.39 is 6.10 Å². The molecule has 22 heavy (non-hydrogen) atoms. The van der Waals surface area contributed by atoms with E-state index in [4.69, 9.17) is 0 Å². The van der Waals surface area contributed by atoms with Crippen molar-refractivity contribution in [3.63, 3.8) is 0 Å². The van der Waals surface area contributed by atoms with Gasteiger partial charge in [0, 0.05) is 25.7 Å². The molecule has 3 rings (SSSR count). The first-order chi connectivity index (χ1) is 10.5. The van der Waals surface area contributed by atoms with Gasteiger partial charge in [-0.15, -0.1) is 0 Å². The molecule has 0 spiro atoms. The number of nitrogens with zero attached hydrogens (tertiary/aromatic N) is 2.